The van der Waals surface area contributed by atoms with Crippen molar-refractivity contribution in [2.24, 2.45) is 11.0 Å². The van der Waals surface area contributed by atoms with Gasteiger partial charge in [0.2, 0.25) is 0 Å². The molecule has 0 aliphatic rings. The molecule has 2 N–H and O–H groups in total. The fourth-order valence-corrected chi connectivity index (χ4v) is 1.90. The number of rotatable bonds is 8. The zero-order valence-corrected chi connectivity index (χ0v) is 12.3. The standard InChI is InChI=1S/C12H21N7O/c1-7(2)12(20)10(15-8(3)4)5-9-11(6-14-18-13)17-19-16-9/h7-8,10,15H,5-6H2,1-4H3,(H,16,17,19)/t10-/m0/s1. The molecule has 0 aliphatic carbocycles. The van der Waals surface area contributed by atoms with Gasteiger partial charge in [-0.3, -0.25) is 4.79 Å². The van der Waals surface area contributed by atoms with E-state index in [2.05, 4.69) is 30.8 Å². The summed E-state index contributed by atoms with van der Waals surface area (Å²) in [7, 11) is 0. The molecule has 1 atom stereocenters. The Kier molecular flexibility index (Phi) is 6.14. The molecule has 20 heavy (non-hydrogen) atoms. The van der Waals surface area contributed by atoms with E-state index in [1.165, 1.54) is 0 Å². The summed E-state index contributed by atoms with van der Waals surface area (Å²) < 4.78 is 0. The van der Waals surface area contributed by atoms with E-state index in [9.17, 15) is 4.79 Å². The Hall–Kier alpha value is -1.92. The van der Waals surface area contributed by atoms with E-state index in [0.717, 1.165) is 0 Å². The predicted octanol–water partition coefficient (Wildman–Crippen LogP) is 1.75. The third kappa shape index (κ3) is 4.64. The molecule has 8 heteroatoms. The molecule has 0 amide bonds. The second-order valence-corrected chi connectivity index (χ2v) is 5.24. The third-order valence-corrected chi connectivity index (χ3v) is 2.83. The average molecular weight is 279 g/mol. The number of Topliss-reactive ketones (excluding diaryl/α,β-unsaturated/α-hetero) is 1. The first kappa shape index (κ1) is 16.1. The topological polar surface area (TPSA) is 119 Å². The van der Waals surface area contributed by atoms with Crippen LogP contribution in [0, 0.1) is 5.92 Å². The highest BCUT2D eigenvalue weighted by molar-refractivity contribution is 5.86. The van der Waals surface area contributed by atoms with Crippen LogP contribution < -0.4 is 5.32 Å². The number of azide groups is 1. The zero-order valence-electron chi connectivity index (χ0n) is 12.3. The molecule has 0 saturated carbocycles. The summed E-state index contributed by atoms with van der Waals surface area (Å²) in [4.78, 5) is 14.9. The molecule has 0 bridgehead atoms. The highest BCUT2D eigenvalue weighted by atomic mass is 16.1. The van der Waals surface area contributed by atoms with Crippen molar-refractivity contribution in [1.29, 1.82) is 0 Å². The van der Waals surface area contributed by atoms with Gasteiger partial charge in [-0.25, -0.2) is 0 Å². The SMILES string of the molecule is CC(C)N[C@@H](Cc1n[nH]nc1CN=[N+]=[N-])C(=O)C(C)C. The lowest BCUT2D eigenvalue weighted by atomic mass is 9.96. The van der Waals surface area contributed by atoms with E-state index in [1.807, 2.05) is 27.7 Å². The van der Waals surface area contributed by atoms with Crippen LogP contribution in [0.25, 0.3) is 10.4 Å². The summed E-state index contributed by atoms with van der Waals surface area (Å²) in [6, 6.07) is -0.125. The molecular formula is C12H21N7O. The van der Waals surface area contributed by atoms with Crippen LogP contribution in [-0.4, -0.2) is 33.3 Å². The summed E-state index contributed by atoms with van der Waals surface area (Å²) in [6.07, 6.45) is 0.433. The van der Waals surface area contributed by atoms with Crippen LogP contribution in [0.5, 0.6) is 0 Å². The Morgan fingerprint density at radius 1 is 1.35 bits per heavy atom. The van der Waals surface area contributed by atoms with Gasteiger partial charge >= 0.3 is 0 Å². The van der Waals surface area contributed by atoms with E-state index in [4.69, 9.17) is 5.53 Å². The van der Waals surface area contributed by atoms with Crippen molar-refractivity contribution in [2.75, 3.05) is 0 Å². The summed E-state index contributed by atoms with van der Waals surface area (Å²) >= 11 is 0. The normalized spacial score (nSPS) is 12.5. The van der Waals surface area contributed by atoms with Crippen LogP contribution in [0.15, 0.2) is 5.11 Å². The van der Waals surface area contributed by atoms with Crippen LogP contribution in [0.3, 0.4) is 0 Å². The average Bonchev–Trinajstić information content (AvgIpc) is 2.81. The minimum absolute atomic E-state index is 0.0567. The molecule has 1 heterocycles. The van der Waals surface area contributed by atoms with Crippen molar-refractivity contribution in [1.82, 2.24) is 20.7 Å². The summed E-state index contributed by atoms with van der Waals surface area (Å²) in [6.45, 7) is 7.86. The second-order valence-electron chi connectivity index (χ2n) is 5.24. The smallest absolute Gasteiger partial charge is 0.152 e. The lowest BCUT2D eigenvalue weighted by Gasteiger charge is -2.21. The van der Waals surface area contributed by atoms with Gasteiger partial charge < -0.3 is 5.32 Å². The number of nitrogens with one attached hydrogen (secondary N) is 2. The third-order valence-electron chi connectivity index (χ3n) is 2.83. The van der Waals surface area contributed by atoms with Gasteiger partial charge in [-0.15, -0.1) is 0 Å². The van der Waals surface area contributed by atoms with Crippen LogP contribution in [0.4, 0.5) is 0 Å². The van der Waals surface area contributed by atoms with Crippen molar-refractivity contribution < 1.29 is 4.79 Å². The number of hydrogen-bond acceptors (Lipinski definition) is 5. The van der Waals surface area contributed by atoms with Crippen molar-refractivity contribution in [3.05, 3.63) is 21.8 Å². The van der Waals surface area contributed by atoms with Gasteiger partial charge in [-0.1, -0.05) is 32.8 Å². The largest absolute Gasteiger partial charge is 0.305 e. The van der Waals surface area contributed by atoms with Gasteiger partial charge in [0.25, 0.3) is 0 Å². The maximum atomic E-state index is 12.2. The van der Waals surface area contributed by atoms with E-state index in [-0.39, 0.29) is 30.3 Å². The highest BCUT2D eigenvalue weighted by Gasteiger charge is 2.24. The predicted molar refractivity (Wildman–Crippen MR) is 74.8 cm³/mol. The fraction of sp³-hybridized carbons (Fsp3) is 0.750. The highest BCUT2D eigenvalue weighted by Crippen LogP contribution is 2.11. The van der Waals surface area contributed by atoms with Crippen molar-refractivity contribution in [3.8, 4) is 0 Å². The van der Waals surface area contributed by atoms with Crippen molar-refractivity contribution >= 4 is 5.78 Å². The lowest BCUT2D eigenvalue weighted by molar-refractivity contribution is -0.124. The number of nitrogens with zero attached hydrogens (tertiary/aromatic N) is 5. The number of H-pyrrole nitrogens is 1. The molecular weight excluding hydrogens is 258 g/mol. The minimum atomic E-state index is -0.315. The van der Waals surface area contributed by atoms with Crippen LogP contribution in [0.1, 0.15) is 39.1 Å². The number of aromatic amines is 1. The van der Waals surface area contributed by atoms with E-state index in [0.29, 0.717) is 17.8 Å². The van der Waals surface area contributed by atoms with Gasteiger partial charge in [0, 0.05) is 23.3 Å². The molecule has 1 aromatic rings. The summed E-state index contributed by atoms with van der Waals surface area (Å²) in [5, 5.41) is 17.2. The number of hydrogen-bond donors (Lipinski definition) is 2. The zero-order chi connectivity index (χ0) is 15.1. The number of aromatic nitrogens is 3. The van der Waals surface area contributed by atoms with Gasteiger partial charge in [0.1, 0.15) is 0 Å². The quantitative estimate of drug-likeness (QED) is 0.428. The Labute approximate surface area is 118 Å². The molecule has 0 radical (unpaired) electrons. The fourth-order valence-electron chi connectivity index (χ4n) is 1.90. The van der Waals surface area contributed by atoms with Crippen molar-refractivity contribution in [3.63, 3.8) is 0 Å². The Balaban J connectivity index is 2.86. The summed E-state index contributed by atoms with van der Waals surface area (Å²) in [5.41, 5.74) is 9.59. The van der Waals surface area contributed by atoms with Crippen LogP contribution >= 0.6 is 0 Å². The van der Waals surface area contributed by atoms with Gasteiger partial charge in [-0.05, 0) is 5.53 Å². The van der Waals surface area contributed by atoms with Gasteiger partial charge in [0.15, 0.2) is 5.78 Å². The minimum Gasteiger partial charge on any atom is -0.305 e. The second kappa shape index (κ2) is 7.62. The molecule has 0 aliphatic heterocycles. The Morgan fingerprint density at radius 3 is 2.55 bits per heavy atom. The monoisotopic (exact) mass is 279 g/mol. The first-order chi connectivity index (χ1) is 9.45. The van der Waals surface area contributed by atoms with E-state index < -0.39 is 0 Å². The Morgan fingerprint density at radius 2 is 2.00 bits per heavy atom. The molecule has 0 fully saturated rings. The number of carbonyl (C=O) groups excluding carboxylic acids is 1. The molecule has 0 aromatic carbocycles. The molecule has 0 spiro atoms. The Bertz CT molecular complexity index is 488. The molecule has 1 aromatic heterocycles. The van der Waals surface area contributed by atoms with E-state index >= 15 is 0 Å². The van der Waals surface area contributed by atoms with Crippen LogP contribution in [-0.2, 0) is 17.8 Å². The van der Waals surface area contributed by atoms with Crippen LogP contribution in [0.2, 0.25) is 0 Å². The molecule has 8 nitrogen and oxygen atoms in total. The molecule has 1 rings (SSSR count). The van der Waals surface area contributed by atoms with Gasteiger partial charge in [-0.2, -0.15) is 15.4 Å². The molecule has 0 saturated heterocycles. The van der Waals surface area contributed by atoms with Crippen molar-refractivity contribution in [2.45, 2.75) is 52.7 Å². The lowest BCUT2D eigenvalue weighted by Crippen LogP contribution is -2.44. The molecule has 110 valence electrons. The number of carbonyl (C=O) groups is 1. The van der Waals surface area contributed by atoms with Gasteiger partial charge in [0.05, 0.1) is 24.0 Å². The van der Waals surface area contributed by atoms with E-state index in [1.54, 1.807) is 0 Å². The maximum absolute atomic E-state index is 12.2. The maximum Gasteiger partial charge on any atom is 0.152 e. The first-order valence-corrected chi connectivity index (χ1v) is 6.64. The number of ketones is 1. The summed E-state index contributed by atoms with van der Waals surface area (Å²) in [5.74, 6) is 0.0789. The molecule has 0 unspecified atom stereocenters. The first-order valence-electron chi connectivity index (χ1n) is 6.64.